The first kappa shape index (κ1) is 21.6. The molecule has 0 aliphatic heterocycles. The van der Waals surface area contributed by atoms with Gasteiger partial charge in [-0.3, -0.25) is 9.98 Å². The van der Waals surface area contributed by atoms with Gasteiger partial charge in [-0.1, -0.05) is 51.1 Å². The first-order valence-corrected chi connectivity index (χ1v) is 10.4. The fourth-order valence-corrected chi connectivity index (χ4v) is 3.55. The summed E-state index contributed by atoms with van der Waals surface area (Å²) < 4.78 is 0. The summed E-state index contributed by atoms with van der Waals surface area (Å²) in [6, 6.07) is 20.7. The van der Waals surface area contributed by atoms with E-state index < -0.39 is 0 Å². The molecule has 0 unspecified atom stereocenters. The standard InChI is InChI=1S/C27H31N3/c1-18-15-19(2)17-22(16-18)28-20(3)24-13-10-14-25(30-24)21(4)29-26-12-9-8-11-23(26)27(5,6)7/h8-17H,1-7H3/b28-20+,29-21+. The van der Waals surface area contributed by atoms with Crippen LogP contribution in [0.15, 0.2) is 70.6 Å². The molecule has 3 aromatic rings. The molecule has 0 atom stereocenters. The van der Waals surface area contributed by atoms with Crippen molar-refractivity contribution in [3.05, 3.63) is 88.7 Å². The molecule has 30 heavy (non-hydrogen) atoms. The number of pyridine rings is 1. The van der Waals surface area contributed by atoms with E-state index in [0.717, 1.165) is 34.2 Å². The summed E-state index contributed by atoms with van der Waals surface area (Å²) in [7, 11) is 0. The zero-order valence-electron chi connectivity index (χ0n) is 19.1. The maximum absolute atomic E-state index is 4.92. The Balaban J connectivity index is 1.96. The van der Waals surface area contributed by atoms with Crippen LogP contribution in [0.5, 0.6) is 0 Å². The molecule has 0 radical (unpaired) electrons. The van der Waals surface area contributed by atoms with Crippen LogP contribution < -0.4 is 0 Å². The highest BCUT2D eigenvalue weighted by molar-refractivity contribution is 6.02. The van der Waals surface area contributed by atoms with Gasteiger partial charge in [0.15, 0.2) is 0 Å². The zero-order chi connectivity index (χ0) is 21.9. The van der Waals surface area contributed by atoms with E-state index in [-0.39, 0.29) is 5.41 Å². The van der Waals surface area contributed by atoms with Crippen molar-refractivity contribution in [2.45, 2.75) is 53.9 Å². The van der Waals surface area contributed by atoms with Crippen molar-refractivity contribution in [1.29, 1.82) is 0 Å². The van der Waals surface area contributed by atoms with Crippen LogP contribution in [0.4, 0.5) is 11.4 Å². The summed E-state index contributed by atoms with van der Waals surface area (Å²) in [4.78, 5) is 14.6. The molecule has 3 heteroatoms. The van der Waals surface area contributed by atoms with E-state index in [2.05, 4.69) is 71.0 Å². The van der Waals surface area contributed by atoms with Gasteiger partial charge in [0.05, 0.1) is 34.2 Å². The summed E-state index contributed by atoms with van der Waals surface area (Å²) in [6.45, 7) is 14.8. The lowest BCUT2D eigenvalue weighted by molar-refractivity contribution is 0.591. The molecule has 1 heterocycles. The number of aromatic nitrogens is 1. The number of hydrogen-bond acceptors (Lipinski definition) is 3. The van der Waals surface area contributed by atoms with Gasteiger partial charge < -0.3 is 0 Å². The number of nitrogens with zero attached hydrogens (tertiary/aromatic N) is 3. The molecule has 0 fully saturated rings. The van der Waals surface area contributed by atoms with Crippen LogP contribution in [-0.2, 0) is 5.41 Å². The van der Waals surface area contributed by atoms with E-state index in [1.807, 2.05) is 38.1 Å². The third kappa shape index (κ3) is 5.29. The normalized spacial score (nSPS) is 12.9. The van der Waals surface area contributed by atoms with Crippen LogP contribution in [0.25, 0.3) is 0 Å². The molecular weight excluding hydrogens is 366 g/mol. The van der Waals surface area contributed by atoms with Gasteiger partial charge >= 0.3 is 0 Å². The van der Waals surface area contributed by atoms with E-state index in [9.17, 15) is 0 Å². The SMILES string of the molecule is C/C(=N\c1cc(C)cc(C)c1)c1cccc(/C(C)=N/c2ccccc2C(C)(C)C)n1. The van der Waals surface area contributed by atoms with Gasteiger partial charge in [0.1, 0.15) is 0 Å². The third-order valence-corrected chi connectivity index (χ3v) is 4.99. The smallest absolute Gasteiger partial charge is 0.0849 e. The van der Waals surface area contributed by atoms with Gasteiger partial charge in [0.25, 0.3) is 0 Å². The summed E-state index contributed by atoms with van der Waals surface area (Å²) in [6.07, 6.45) is 0. The largest absolute Gasteiger partial charge is 0.251 e. The van der Waals surface area contributed by atoms with Crippen LogP contribution in [0, 0.1) is 13.8 Å². The zero-order valence-corrected chi connectivity index (χ0v) is 19.1. The molecule has 2 aromatic carbocycles. The monoisotopic (exact) mass is 397 g/mol. The first-order valence-electron chi connectivity index (χ1n) is 10.4. The minimum atomic E-state index is 0.0326. The van der Waals surface area contributed by atoms with Crippen LogP contribution >= 0.6 is 0 Å². The summed E-state index contributed by atoms with van der Waals surface area (Å²) >= 11 is 0. The van der Waals surface area contributed by atoms with Crippen LogP contribution in [-0.4, -0.2) is 16.4 Å². The average Bonchev–Trinajstić information content (AvgIpc) is 2.67. The van der Waals surface area contributed by atoms with Gasteiger partial charge in [-0.25, -0.2) is 4.98 Å². The highest BCUT2D eigenvalue weighted by Gasteiger charge is 2.17. The molecule has 0 N–H and O–H groups in total. The van der Waals surface area contributed by atoms with Crippen LogP contribution in [0.2, 0.25) is 0 Å². The Morgan fingerprint density at radius 2 is 1.30 bits per heavy atom. The molecule has 0 aliphatic carbocycles. The summed E-state index contributed by atoms with van der Waals surface area (Å²) in [5.74, 6) is 0. The van der Waals surface area contributed by atoms with E-state index in [4.69, 9.17) is 15.0 Å². The van der Waals surface area contributed by atoms with Crippen molar-refractivity contribution in [1.82, 2.24) is 4.98 Å². The Morgan fingerprint density at radius 3 is 1.90 bits per heavy atom. The van der Waals surface area contributed by atoms with Gasteiger partial charge in [0, 0.05) is 0 Å². The summed E-state index contributed by atoms with van der Waals surface area (Å²) in [5.41, 5.74) is 9.16. The highest BCUT2D eigenvalue weighted by atomic mass is 14.8. The lowest BCUT2D eigenvalue weighted by Crippen LogP contribution is -2.11. The maximum Gasteiger partial charge on any atom is 0.0849 e. The van der Waals surface area contributed by atoms with E-state index in [1.165, 1.54) is 16.7 Å². The third-order valence-electron chi connectivity index (χ3n) is 4.99. The topological polar surface area (TPSA) is 37.6 Å². The van der Waals surface area contributed by atoms with Gasteiger partial charge in [-0.2, -0.15) is 0 Å². The van der Waals surface area contributed by atoms with E-state index in [0.29, 0.717) is 0 Å². The number of hydrogen-bond donors (Lipinski definition) is 0. The minimum absolute atomic E-state index is 0.0326. The predicted molar refractivity (Wildman–Crippen MR) is 129 cm³/mol. The second-order valence-electron chi connectivity index (χ2n) is 8.92. The van der Waals surface area contributed by atoms with Crippen molar-refractivity contribution < 1.29 is 0 Å². The Hall–Kier alpha value is -3.07. The molecular formula is C27H31N3. The van der Waals surface area contributed by atoms with Crippen molar-refractivity contribution in [2.75, 3.05) is 0 Å². The molecule has 0 saturated carbocycles. The number of aliphatic imine (C=N–C) groups is 2. The van der Waals surface area contributed by atoms with E-state index >= 15 is 0 Å². The lowest BCUT2D eigenvalue weighted by Gasteiger charge is -2.21. The maximum atomic E-state index is 4.92. The molecule has 0 bridgehead atoms. The van der Waals surface area contributed by atoms with Crippen molar-refractivity contribution in [2.24, 2.45) is 9.98 Å². The second kappa shape index (κ2) is 8.74. The lowest BCUT2D eigenvalue weighted by atomic mass is 9.86. The quantitative estimate of drug-likeness (QED) is 0.426. The number of benzene rings is 2. The van der Waals surface area contributed by atoms with Gasteiger partial charge in [-0.05, 0) is 80.1 Å². The summed E-state index contributed by atoms with van der Waals surface area (Å²) in [5, 5.41) is 0. The minimum Gasteiger partial charge on any atom is -0.251 e. The molecule has 0 spiro atoms. The van der Waals surface area contributed by atoms with Crippen molar-refractivity contribution >= 4 is 22.8 Å². The second-order valence-corrected chi connectivity index (χ2v) is 8.92. The molecule has 0 aliphatic rings. The molecule has 154 valence electrons. The molecule has 0 amide bonds. The Kier molecular flexibility index (Phi) is 6.31. The predicted octanol–water partition coefficient (Wildman–Crippen LogP) is 7.28. The van der Waals surface area contributed by atoms with Crippen molar-refractivity contribution in [3.63, 3.8) is 0 Å². The average molecular weight is 398 g/mol. The number of rotatable bonds is 4. The molecule has 0 saturated heterocycles. The number of para-hydroxylation sites is 1. The molecule has 1 aromatic heterocycles. The Bertz CT molecular complexity index is 1090. The van der Waals surface area contributed by atoms with E-state index in [1.54, 1.807) is 0 Å². The Morgan fingerprint density at radius 1 is 0.733 bits per heavy atom. The highest BCUT2D eigenvalue weighted by Crippen LogP contribution is 2.31. The first-order chi connectivity index (χ1) is 14.1. The molecule has 3 rings (SSSR count). The van der Waals surface area contributed by atoms with Crippen LogP contribution in [0.1, 0.15) is 62.7 Å². The van der Waals surface area contributed by atoms with Gasteiger partial charge in [-0.15, -0.1) is 0 Å². The molecule has 3 nitrogen and oxygen atoms in total. The van der Waals surface area contributed by atoms with Gasteiger partial charge in [0.2, 0.25) is 0 Å². The van der Waals surface area contributed by atoms with Crippen LogP contribution in [0.3, 0.4) is 0 Å². The Labute approximate surface area is 180 Å². The number of aryl methyl sites for hydroxylation is 2. The fraction of sp³-hybridized carbons (Fsp3) is 0.296. The van der Waals surface area contributed by atoms with Crippen molar-refractivity contribution in [3.8, 4) is 0 Å². The fourth-order valence-electron chi connectivity index (χ4n) is 3.55.